The second-order valence-corrected chi connectivity index (χ2v) is 5.43. The summed E-state index contributed by atoms with van der Waals surface area (Å²) in [5.41, 5.74) is 0.844. The van der Waals surface area contributed by atoms with Gasteiger partial charge in [-0.2, -0.15) is 0 Å². The van der Waals surface area contributed by atoms with E-state index >= 15 is 0 Å². The normalized spacial score (nSPS) is 41.3. The second-order valence-electron chi connectivity index (χ2n) is 5.43. The van der Waals surface area contributed by atoms with Gasteiger partial charge in [-0.25, -0.2) is 0 Å². The third-order valence-corrected chi connectivity index (χ3v) is 4.90. The lowest BCUT2D eigenvalue weighted by molar-refractivity contribution is 0.243. The van der Waals surface area contributed by atoms with Gasteiger partial charge in [0.2, 0.25) is 0 Å². The highest BCUT2D eigenvalue weighted by molar-refractivity contribution is 5.08. The van der Waals surface area contributed by atoms with Gasteiger partial charge in [0.25, 0.3) is 0 Å². The Morgan fingerprint density at radius 1 is 1.23 bits per heavy atom. The smallest absolute Gasteiger partial charge is 0.0240 e. The van der Waals surface area contributed by atoms with Crippen molar-refractivity contribution in [3.8, 4) is 0 Å². The molecule has 2 aliphatic carbocycles. The van der Waals surface area contributed by atoms with Crippen molar-refractivity contribution >= 4 is 0 Å². The van der Waals surface area contributed by atoms with Crippen molar-refractivity contribution in [2.45, 2.75) is 59.3 Å². The Morgan fingerprint density at radius 2 is 1.92 bits per heavy atom. The summed E-state index contributed by atoms with van der Waals surface area (Å²) in [5, 5.41) is 0. The molecule has 2 fully saturated rings. The van der Waals surface area contributed by atoms with Crippen LogP contribution in [0.15, 0.2) is 0 Å². The molecular formula is C13H24. The molecule has 76 valence electrons. The fourth-order valence-corrected chi connectivity index (χ4v) is 3.98. The van der Waals surface area contributed by atoms with E-state index in [0.29, 0.717) is 0 Å². The highest BCUT2D eigenvalue weighted by Crippen LogP contribution is 2.67. The van der Waals surface area contributed by atoms with Crippen molar-refractivity contribution in [1.82, 2.24) is 0 Å². The van der Waals surface area contributed by atoms with E-state index in [2.05, 4.69) is 20.8 Å². The zero-order chi connectivity index (χ0) is 9.47. The predicted octanol–water partition coefficient (Wildman–Crippen LogP) is 4.25. The predicted molar refractivity (Wildman–Crippen MR) is 57.6 cm³/mol. The van der Waals surface area contributed by atoms with E-state index in [4.69, 9.17) is 0 Å². The first-order valence-electron chi connectivity index (χ1n) is 6.24. The Bertz CT molecular complexity index is 178. The maximum Gasteiger partial charge on any atom is -0.0240 e. The Hall–Kier alpha value is 0. The van der Waals surface area contributed by atoms with E-state index in [1.807, 2.05) is 0 Å². The van der Waals surface area contributed by atoms with Crippen LogP contribution in [0.1, 0.15) is 59.3 Å². The molecule has 0 radical (unpaired) electrons. The average Bonchev–Trinajstić information content (AvgIpc) is 2.86. The molecule has 2 rings (SSSR count). The van der Waals surface area contributed by atoms with E-state index in [9.17, 15) is 0 Å². The molecule has 2 saturated carbocycles. The molecule has 3 atom stereocenters. The molecule has 2 aliphatic rings. The molecule has 3 unspecified atom stereocenters. The van der Waals surface area contributed by atoms with E-state index in [1.165, 1.54) is 25.7 Å². The molecule has 0 heterocycles. The molecule has 1 spiro atoms. The molecule has 0 aromatic carbocycles. The lowest BCUT2D eigenvalue weighted by Crippen LogP contribution is -2.17. The van der Waals surface area contributed by atoms with Gasteiger partial charge in [-0.05, 0) is 48.9 Å². The number of rotatable bonds is 3. The minimum absolute atomic E-state index is 0.844. The van der Waals surface area contributed by atoms with Crippen molar-refractivity contribution < 1.29 is 0 Å². The fourth-order valence-electron chi connectivity index (χ4n) is 3.98. The number of hydrogen-bond donors (Lipinski definition) is 0. The van der Waals surface area contributed by atoms with Gasteiger partial charge < -0.3 is 0 Å². The Kier molecular flexibility index (Phi) is 2.42. The van der Waals surface area contributed by atoms with Gasteiger partial charge in [-0.3, -0.25) is 0 Å². The minimum Gasteiger partial charge on any atom is -0.0654 e. The third-order valence-electron chi connectivity index (χ3n) is 4.90. The first-order chi connectivity index (χ1) is 6.24. The summed E-state index contributed by atoms with van der Waals surface area (Å²) >= 11 is 0. The first-order valence-corrected chi connectivity index (χ1v) is 6.24. The fraction of sp³-hybridized carbons (Fsp3) is 1.00. The Morgan fingerprint density at radius 3 is 2.38 bits per heavy atom. The van der Waals surface area contributed by atoms with Gasteiger partial charge in [0, 0.05) is 0 Å². The van der Waals surface area contributed by atoms with Crippen LogP contribution in [-0.4, -0.2) is 0 Å². The quantitative estimate of drug-likeness (QED) is 0.609. The summed E-state index contributed by atoms with van der Waals surface area (Å²) in [4.78, 5) is 0. The van der Waals surface area contributed by atoms with Gasteiger partial charge in [0.05, 0.1) is 0 Å². The van der Waals surface area contributed by atoms with Crippen molar-refractivity contribution in [2.75, 3.05) is 0 Å². The molecule has 0 saturated heterocycles. The van der Waals surface area contributed by atoms with Crippen LogP contribution < -0.4 is 0 Å². The summed E-state index contributed by atoms with van der Waals surface area (Å²) in [6.07, 6.45) is 8.96. The van der Waals surface area contributed by atoms with E-state index in [0.717, 1.165) is 23.2 Å². The largest absolute Gasteiger partial charge is 0.0654 e. The van der Waals surface area contributed by atoms with Crippen molar-refractivity contribution in [3.63, 3.8) is 0 Å². The van der Waals surface area contributed by atoms with Crippen LogP contribution in [0.2, 0.25) is 0 Å². The maximum atomic E-state index is 2.51. The SMILES string of the molecule is CCCC1C(CC)CC(C)C12CC2. The molecule has 0 aromatic rings. The third kappa shape index (κ3) is 1.33. The second kappa shape index (κ2) is 3.29. The van der Waals surface area contributed by atoms with Crippen LogP contribution in [0.5, 0.6) is 0 Å². The van der Waals surface area contributed by atoms with Crippen LogP contribution in [0.3, 0.4) is 0 Å². The molecule has 0 aliphatic heterocycles. The molecule has 0 bridgehead atoms. The lowest BCUT2D eigenvalue weighted by atomic mass is 9.80. The van der Waals surface area contributed by atoms with Crippen molar-refractivity contribution in [2.24, 2.45) is 23.2 Å². The van der Waals surface area contributed by atoms with Crippen LogP contribution in [0, 0.1) is 23.2 Å². The zero-order valence-electron chi connectivity index (χ0n) is 9.47. The van der Waals surface area contributed by atoms with E-state index in [-0.39, 0.29) is 0 Å². The van der Waals surface area contributed by atoms with Crippen molar-refractivity contribution in [3.05, 3.63) is 0 Å². The molecular weight excluding hydrogens is 156 g/mol. The average molecular weight is 180 g/mol. The molecule has 0 amide bonds. The van der Waals surface area contributed by atoms with Crippen LogP contribution in [0.25, 0.3) is 0 Å². The van der Waals surface area contributed by atoms with Gasteiger partial charge in [-0.15, -0.1) is 0 Å². The summed E-state index contributed by atoms with van der Waals surface area (Å²) in [6.45, 7) is 7.25. The zero-order valence-corrected chi connectivity index (χ0v) is 9.47. The molecule has 0 aromatic heterocycles. The van der Waals surface area contributed by atoms with Gasteiger partial charge in [0.15, 0.2) is 0 Å². The summed E-state index contributed by atoms with van der Waals surface area (Å²) < 4.78 is 0. The maximum absolute atomic E-state index is 2.51. The minimum atomic E-state index is 0.844. The van der Waals surface area contributed by atoms with Crippen LogP contribution >= 0.6 is 0 Å². The van der Waals surface area contributed by atoms with Gasteiger partial charge >= 0.3 is 0 Å². The van der Waals surface area contributed by atoms with Gasteiger partial charge in [-0.1, -0.05) is 33.6 Å². The van der Waals surface area contributed by atoms with E-state index < -0.39 is 0 Å². The topological polar surface area (TPSA) is 0 Å². The summed E-state index contributed by atoms with van der Waals surface area (Å²) in [5.74, 6) is 3.20. The van der Waals surface area contributed by atoms with Crippen molar-refractivity contribution in [1.29, 1.82) is 0 Å². The molecule has 0 heteroatoms. The molecule has 0 N–H and O–H groups in total. The van der Waals surface area contributed by atoms with E-state index in [1.54, 1.807) is 12.8 Å². The van der Waals surface area contributed by atoms with Crippen LogP contribution in [-0.2, 0) is 0 Å². The summed E-state index contributed by atoms with van der Waals surface area (Å²) in [6, 6.07) is 0. The first kappa shape index (κ1) is 9.55. The number of hydrogen-bond acceptors (Lipinski definition) is 0. The lowest BCUT2D eigenvalue weighted by Gasteiger charge is -2.24. The standard InChI is InChI=1S/C13H24/c1-4-6-12-11(5-2)9-10(3)13(12)7-8-13/h10-12H,4-9H2,1-3H3. The summed E-state index contributed by atoms with van der Waals surface area (Å²) in [7, 11) is 0. The highest BCUT2D eigenvalue weighted by atomic mass is 14.6. The Labute approximate surface area is 83.1 Å². The molecule has 13 heavy (non-hydrogen) atoms. The molecule has 0 nitrogen and oxygen atoms in total. The van der Waals surface area contributed by atoms with Crippen LogP contribution in [0.4, 0.5) is 0 Å². The highest BCUT2D eigenvalue weighted by Gasteiger charge is 2.58. The monoisotopic (exact) mass is 180 g/mol. The Balaban J connectivity index is 2.09. The van der Waals surface area contributed by atoms with Gasteiger partial charge in [0.1, 0.15) is 0 Å².